The van der Waals surface area contributed by atoms with E-state index in [1.165, 1.54) is 18.6 Å². The minimum atomic E-state index is -0.657. The number of H-pyrrole nitrogens is 1. The zero-order valence-corrected chi connectivity index (χ0v) is 17.9. The van der Waals surface area contributed by atoms with Crippen LogP contribution in [0.15, 0.2) is 54.7 Å². The van der Waals surface area contributed by atoms with Crippen molar-refractivity contribution in [1.82, 2.24) is 15.0 Å². The molecule has 3 N–H and O–H groups in total. The van der Waals surface area contributed by atoms with Gasteiger partial charge in [0, 0.05) is 29.3 Å². The topological polar surface area (TPSA) is 82.7 Å². The molecule has 1 amide bonds. The van der Waals surface area contributed by atoms with Crippen LogP contribution < -0.4 is 10.6 Å². The van der Waals surface area contributed by atoms with Gasteiger partial charge < -0.3 is 15.6 Å². The van der Waals surface area contributed by atoms with E-state index >= 15 is 0 Å². The van der Waals surface area contributed by atoms with Crippen LogP contribution in [0, 0.1) is 17.6 Å². The summed E-state index contributed by atoms with van der Waals surface area (Å²) in [7, 11) is 0. The van der Waals surface area contributed by atoms with Crippen molar-refractivity contribution in [2.45, 2.75) is 32.1 Å². The van der Waals surface area contributed by atoms with Crippen molar-refractivity contribution in [3.63, 3.8) is 0 Å². The highest BCUT2D eigenvalue weighted by atomic mass is 19.1. The molecule has 2 aromatic carbocycles. The number of rotatable bonds is 5. The quantitative estimate of drug-likeness (QED) is 0.342. The lowest BCUT2D eigenvalue weighted by molar-refractivity contribution is -0.120. The van der Waals surface area contributed by atoms with E-state index in [1.54, 1.807) is 24.4 Å². The maximum atomic E-state index is 13.9. The Morgan fingerprint density at radius 1 is 1.00 bits per heavy atom. The molecular formula is C25H23F2N5O. The van der Waals surface area contributed by atoms with Gasteiger partial charge in [-0.05, 0) is 49.2 Å². The fourth-order valence-electron chi connectivity index (χ4n) is 4.17. The molecule has 1 fully saturated rings. The normalized spacial score (nSPS) is 14.4. The zero-order chi connectivity index (χ0) is 22.8. The summed E-state index contributed by atoms with van der Waals surface area (Å²) in [5, 5.41) is 5.86. The Morgan fingerprint density at radius 3 is 2.55 bits per heavy atom. The highest BCUT2D eigenvalue weighted by Crippen LogP contribution is 2.27. The molecule has 0 radical (unpaired) electrons. The third kappa shape index (κ3) is 4.69. The Balaban J connectivity index is 1.30. The molecule has 0 saturated heterocycles. The summed E-state index contributed by atoms with van der Waals surface area (Å²) in [6.07, 6.45) is 6.92. The van der Waals surface area contributed by atoms with Gasteiger partial charge in [0.25, 0.3) is 0 Å². The molecule has 8 heteroatoms. The van der Waals surface area contributed by atoms with Gasteiger partial charge >= 0.3 is 0 Å². The number of imidazole rings is 1. The van der Waals surface area contributed by atoms with Crippen molar-refractivity contribution >= 4 is 34.1 Å². The van der Waals surface area contributed by atoms with E-state index in [0.717, 1.165) is 42.8 Å². The second-order valence-electron chi connectivity index (χ2n) is 8.32. The van der Waals surface area contributed by atoms with Crippen molar-refractivity contribution in [3.05, 3.63) is 66.4 Å². The Hall–Kier alpha value is -3.81. The van der Waals surface area contributed by atoms with E-state index < -0.39 is 11.6 Å². The molecule has 0 aliphatic heterocycles. The maximum absolute atomic E-state index is 13.9. The van der Waals surface area contributed by atoms with Crippen molar-refractivity contribution in [2.24, 2.45) is 5.92 Å². The fourth-order valence-corrected chi connectivity index (χ4v) is 4.17. The van der Waals surface area contributed by atoms with Crippen molar-refractivity contribution in [2.75, 3.05) is 10.6 Å². The summed E-state index contributed by atoms with van der Waals surface area (Å²) in [5.74, 6) is -0.0433. The van der Waals surface area contributed by atoms with Crippen molar-refractivity contribution < 1.29 is 13.6 Å². The van der Waals surface area contributed by atoms with Crippen LogP contribution in [0.4, 0.5) is 26.0 Å². The summed E-state index contributed by atoms with van der Waals surface area (Å²) < 4.78 is 27.0. The lowest BCUT2D eigenvalue weighted by Gasteiger charge is -2.20. The predicted octanol–water partition coefficient (Wildman–Crippen LogP) is 6.17. The molecule has 5 rings (SSSR count). The number of benzene rings is 2. The van der Waals surface area contributed by atoms with E-state index in [-0.39, 0.29) is 17.5 Å². The number of amides is 1. The van der Waals surface area contributed by atoms with Crippen molar-refractivity contribution in [3.8, 4) is 11.4 Å². The predicted molar refractivity (Wildman–Crippen MR) is 124 cm³/mol. The molecule has 1 saturated carbocycles. The highest BCUT2D eigenvalue weighted by Gasteiger charge is 2.21. The van der Waals surface area contributed by atoms with Crippen LogP contribution in [0.25, 0.3) is 22.4 Å². The first-order valence-electron chi connectivity index (χ1n) is 11.0. The van der Waals surface area contributed by atoms with Crippen molar-refractivity contribution in [1.29, 1.82) is 0 Å². The number of fused-ring (bicyclic) bond motifs is 1. The lowest BCUT2D eigenvalue weighted by Crippen LogP contribution is -2.25. The zero-order valence-electron chi connectivity index (χ0n) is 17.9. The Kier molecular flexibility index (Phi) is 5.73. The van der Waals surface area contributed by atoms with Crippen LogP contribution in [-0.2, 0) is 4.79 Å². The number of hydrogen-bond donors (Lipinski definition) is 3. The van der Waals surface area contributed by atoms with E-state index in [0.29, 0.717) is 22.8 Å². The van der Waals surface area contributed by atoms with E-state index in [1.807, 2.05) is 12.1 Å². The first-order chi connectivity index (χ1) is 16.0. The largest absolute Gasteiger partial charge is 0.353 e. The molecule has 0 atom stereocenters. The van der Waals surface area contributed by atoms with Crippen LogP contribution in [0.5, 0.6) is 0 Å². The number of nitrogens with zero attached hydrogens (tertiary/aromatic N) is 2. The van der Waals surface area contributed by atoms with Gasteiger partial charge in [0.1, 0.15) is 23.3 Å². The minimum Gasteiger partial charge on any atom is -0.353 e. The lowest BCUT2D eigenvalue weighted by atomic mass is 9.89. The molecular weight excluding hydrogens is 424 g/mol. The van der Waals surface area contributed by atoms with Gasteiger partial charge in [-0.25, -0.2) is 18.7 Å². The first-order valence-corrected chi connectivity index (χ1v) is 11.0. The maximum Gasteiger partial charge on any atom is 0.228 e. The van der Waals surface area contributed by atoms with Crippen LogP contribution in [0.1, 0.15) is 32.1 Å². The van der Waals surface area contributed by atoms with Gasteiger partial charge in [-0.15, -0.1) is 0 Å². The standard InChI is InChI=1S/C25H23F2N5O/c26-17-8-11-20(19(27)12-17)29-18-9-6-15(7-10-18)24-30-21-13-23(28-14-22(21)31-24)32-25(33)16-4-2-1-3-5-16/h6-14,16,29H,1-5H2,(H,30,31)(H,28,32,33). The smallest absolute Gasteiger partial charge is 0.228 e. The number of anilines is 3. The second kappa shape index (κ2) is 8.97. The average Bonchev–Trinajstić information content (AvgIpc) is 3.25. The number of pyridine rings is 1. The molecule has 0 unspecified atom stereocenters. The molecule has 4 aromatic rings. The molecule has 1 aliphatic carbocycles. The number of aromatic nitrogens is 3. The highest BCUT2D eigenvalue weighted by molar-refractivity contribution is 5.93. The molecule has 6 nitrogen and oxygen atoms in total. The van der Waals surface area contributed by atoms with Gasteiger partial charge in [-0.1, -0.05) is 19.3 Å². The molecule has 2 aromatic heterocycles. The second-order valence-corrected chi connectivity index (χ2v) is 8.32. The number of hydrogen-bond acceptors (Lipinski definition) is 4. The Morgan fingerprint density at radius 2 is 1.79 bits per heavy atom. The van der Waals surface area contributed by atoms with E-state index in [9.17, 15) is 13.6 Å². The summed E-state index contributed by atoms with van der Waals surface area (Å²) >= 11 is 0. The van der Waals surface area contributed by atoms with Gasteiger partial charge in [-0.3, -0.25) is 4.79 Å². The third-order valence-corrected chi connectivity index (χ3v) is 5.96. The van der Waals surface area contributed by atoms with Crippen LogP contribution >= 0.6 is 0 Å². The summed E-state index contributed by atoms with van der Waals surface area (Å²) in [4.78, 5) is 24.7. The number of halogens is 2. The average molecular weight is 447 g/mol. The molecule has 2 heterocycles. The SMILES string of the molecule is O=C(Nc1cc2nc(-c3ccc(Nc4ccc(F)cc4F)cc3)[nH]c2cn1)C1CCCCC1. The van der Waals surface area contributed by atoms with E-state index in [4.69, 9.17) is 0 Å². The molecule has 168 valence electrons. The van der Waals surface area contributed by atoms with Crippen LogP contribution in [-0.4, -0.2) is 20.9 Å². The Labute approximate surface area is 189 Å². The first kappa shape index (κ1) is 21.1. The van der Waals surface area contributed by atoms with Crippen LogP contribution in [0.2, 0.25) is 0 Å². The monoisotopic (exact) mass is 447 g/mol. The van der Waals surface area contributed by atoms with Gasteiger partial charge in [-0.2, -0.15) is 0 Å². The number of carbonyl (C=O) groups is 1. The van der Waals surface area contributed by atoms with Crippen LogP contribution in [0.3, 0.4) is 0 Å². The van der Waals surface area contributed by atoms with E-state index in [2.05, 4.69) is 25.6 Å². The number of nitrogens with one attached hydrogen (secondary N) is 3. The summed E-state index contributed by atoms with van der Waals surface area (Å²) in [6.45, 7) is 0. The summed E-state index contributed by atoms with van der Waals surface area (Å²) in [5.41, 5.74) is 3.16. The van der Waals surface area contributed by atoms with Gasteiger partial charge in [0.05, 0.1) is 22.9 Å². The van der Waals surface area contributed by atoms with Gasteiger partial charge in [0.15, 0.2) is 0 Å². The molecule has 0 bridgehead atoms. The number of carbonyl (C=O) groups excluding carboxylic acids is 1. The molecule has 33 heavy (non-hydrogen) atoms. The third-order valence-electron chi connectivity index (χ3n) is 5.96. The Bertz CT molecular complexity index is 1300. The summed E-state index contributed by atoms with van der Waals surface area (Å²) in [6, 6.07) is 12.4. The minimum absolute atomic E-state index is 0.0259. The molecule has 1 aliphatic rings. The fraction of sp³-hybridized carbons (Fsp3) is 0.240. The molecule has 0 spiro atoms. The number of aromatic amines is 1. The van der Waals surface area contributed by atoms with Gasteiger partial charge in [0.2, 0.25) is 5.91 Å².